The molecule has 4 heteroatoms. The number of rotatable bonds is 3. The summed E-state index contributed by atoms with van der Waals surface area (Å²) in [4.78, 5) is 14.7. The highest BCUT2D eigenvalue weighted by molar-refractivity contribution is 5.79. The molecule has 0 radical (unpaired) electrons. The molecule has 0 aromatic heterocycles. The molecule has 0 spiro atoms. The lowest BCUT2D eigenvalue weighted by Crippen LogP contribution is -2.38. The van der Waals surface area contributed by atoms with Gasteiger partial charge < -0.3 is 15.7 Å². The first-order valence-electron chi connectivity index (χ1n) is 8.44. The third-order valence-electron chi connectivity index (χ3n) is 5.18. The number of carbonyl (C=O) groups excluding carboxylic acids is 1. The molecule has 1 unspecified atom stereocenters. The lowest BCUT2D eigenvalue weighted by molar-refractivity contribution is -0.135. The molecule has 120 valence electrons. The van der Waals surface area contributed by atoms with Gasteiger partial charge in [0.05, 0.1) is 0 Å². The molecular formula is C18H26N2O2. The van der Waals surface area contributed by atoms with E-state index in [4.69, 9.17) is 5.73 Å². The highest BCUT2D eigenvalue weighted by Gasteiger charge is 2.32. The summed E-state index contributed by atoms with van der Waals surface area (Å²) in [5, 5.41) is 9.33. The minimum Gasteiger partial charge on any atom is -0.508 e. The van der Waals surface area contributed by atoms with E-state index in [9.17, 15) is 9.90 Å². The molecule has 1 aromatic rings. The predicted octanol–water partition coefficient (Wildman–Crippen LogP) is 2.30. The highest BCUT2D eigenvalue weighted by atomic mass is 16.3. The maximum Gasteiger partial charge on any atom is 0.225 e. The van der Waals surface area contributed by atoms with Crippen LogP contribution in [-0.4, -0.2) is 35.0 Å². The molecule has 2 fully saturated rings. The molecule has 1 aliphatic heterocycles. The summed E-state index contributed by atoms with van der Waals surface area (Å²) in [6.07, 6.45) is 5.96. The smallest absolute Gasteiger partial charge is 0.225 e. The molecule has 1 saturated carbocycles. The van der Waals surface area contributed by atoms with E-state index in [1.807, 2.05) is 12.1 Å². The first-order chi connectivity index (χ1) is 10.6. The second-order valence-electron chi connectivity index (χ2n) is 6.92. The van der Waals surface area contributed by atoms with Gasteiger partial charge in [-0.05, 0) is 62.1 Å². The normalized spacial score (nSPS) is 28.8. The molecule has 1 aliphatic carbocycles. The van der Waals surface area contributed by atoms with E-state index < -0.39 is 0 Å². The predicted molar refractivity (Wildman–Crippen MR) is 86.4 cm³/mol. The Morgan fingerprint density at radius 1 is 1.14 bits per heavy atom. The first kappa shape index (κ1) is 15.3. The van der Waals surface area contributed by atoms with Crippen molar-refractivity contribution in [2.24, 2.45) is 17.6 Å². The van der Waals surface area contributed by atoms with E-state index in [0.717, 1.165) is 51.6 Å². The Labute approximate surface area is 132 Å². The maximum absolute atomic E-state index is 12.6. The van der Waals surface area contributed by atoms with E-state index in [1.54, 1.807) is 12.1 Å². The van der Waals surface area contributed by atoms with Crippen molar-refractivity contribution in [2.45, 2.75) is 44.6 Å². The molecule has 2 aliphatic rings. The summed E-state index contributed by atoms with van der Waals surface area (Å²) >= 11 is 0. The molecule has 1 amide bonds. The van der Waals surface area contributed by atoms with Crippen LogP contribution < -0.4 is 5.73 Å². The van der Waals surface area contributed by atoms with Crippen LogP contribution in [0.4, 0.5) is 0 Å². The Morgan fingerprint density at radius 2 is 1.82 bits per heavy atom. The summed E-state index contributed by atoms with van der Waals surface area (Å²) in [5.74, 6) is 1.40. The number of likely N-dealkylation sites (tertiary alicyclic amines) is 1. The highest BCUT2D eigenvalue weighted by Crippen LogP contribution is 2.28. The zero-order chi connectivity index (χ0) is 15.5. The van der Waals surface area contributed by atoms with Crippen molar-refractivity contribution in [1.82, 2.24) is 4.90 Å². The molecule has 22 heavy (non-hydrogen) atoms. The lowest BCUT2D eigenvalue weighted by atomic mass is 9.85. The van der Waals surface area contributed by atoms with Crippen molar-refractivity contribution in [3.8, 4) is 5.75 Å². The number of aromatic hydroxyl groups is 1. The van der Waals surface area contributed by atoms with Gasteiger partial charge in [0.2, 0.25) is 5.91 Å². The fraction of sp³-hybridized carbons (Fsp3) is 0.611. The number of phenolic OH excluding ortho intramolecular Hbond substituents is 1. The van der Waals surface area contributed by atoms with Crippen molar-refractivity contribution in [2.75, 3.05) is 13.1 Å². The molecular weight excluding hydrogens is 276 g/mol. The SMILES string of the molecule is NC1CCC(C(=O)N2CCC(Cc3ccc(O)cc3)C2)CC1. The van der Waals surface area contributed by atoms with Gasteiger partial charge in [-0.1, -0.05) is 12.1 Å². The van der Waals surface area contributed by atoms with E-state index in [-0.39, 0.29) is 5.92 Å². The van der Waals surface area contributed by atoms with E-state index in [1.165, 1.54) is 5.56 Å². The molecule has 1 aromatic carbocycles. The number of nitrogens with two attached hydrogens (primary N) is 1. The van der Waals surface area contributed by atoms with Gasteiger partial charge in [-0.3, -0.25) is 4.79 Å². The molecule has 4 nitrogen and oxygen atoms in total. The van der Waals surface area contributed by atoms with Crippen molar-refractivity contribution in [1.29, 1.82) is 0 Å². The van der Waals surface area contributed by atoms with E-state index in [2.05, 4.69) is 4.90 Å². The van der Waals surface area contributed by atoms with Crippen LogP contribution >= 0.6 is 0 Å². The molecule has 0 bridgehead atoms. The van der Waals surface area contributed by atoms with Crippen LogP contribution in [0.3, 0.4) is 0 Å². The summed E-state index contributed by atoms with van der Waals surface area (Å²) < 4.78 is 0. The van der Waals surface area contributed by atoms with E-state index >= 15 is 0 Å². The van der Waals surface area contributed by atoms with E-state index in [0.29, 0.717) is 23.6 Å². The van der Waals surface area contributed by atoms with Crippen molar-refractivity contribution >= 4 is 5.91 Å². The third kappa shape index (κ3) is 3.61. The van der Waals surface area contributed by atoms with Gasteiger partial charge >= 0.3 is 0 Å². The van der Waals surface area contributed by atoms with Gasteiger partial charge in [-0.2, -0.15) is 0 Å². The summed E-state index contributed by atoms with van der Waals surface area (Å²) in [7, 11) is 0. The zero-order valence-corrected chi connectivity index (χ0v) is 13.1. The number of phenols is 1. The molecule has 1 heterocycles. The number of hydrogen-bond acceptors (Lipinski definition) is 3. The molecule has 3 N–H and O–H groups in total. The van der Waals surface area contributed by atoms with Gasteiger partial charge in [-0.25, -0.2) is 0 Å². The topological polar surface area (TPSA) is 66.6 Å². The second kappa shape index (κ2) is 6.69. The van der Waals surface area contributed by atoms with Crippen LogP contribution in [-0.2, 0) is 11.2 Å². The lowest BCUT2D eigenvalue weighted by Gasteiger charge is -2.29. The largest absolute Gasteiger partial charge is 0.508 e. The monoisotopic (exact) mass is 302 g/mol. The van der Waals surface area contributed by atoms with Crippen LogP contribution in [0.2, 0.25) is 0 Å². The Hall–Kier alpha value is -1.55. The average Bonchev–Trinajstić information content (AvgIpc) is 2.98. The Kier molecular flexibility index (Phi) is 4.67. The molecule has 1 saturated heterocycles. The number of amides is 1. The minimum atomic E-state index is 0.201. The summed E-state index contributed by atoms with van der Waals surface area (Å²) in [6, 6.07) is 7.71. The zero-order valence-electron chi connectivity index (χ0n) is 13.1. The summed E-state index contributed by atoms with van der Waals surface area (Å²) in [6.45, 7) is 1.77. The quantitative estimate of drug-likeness (QED) is 0.900. The number of carbonyl (C=O) groups is 1. The minimum absolute atomic E-state index is 0.201. The van der Waals surface area contributed by atoms with Crippen LogP contribution in [0, 0.1) is 11.8 Å². The standard InChI is InChI=1S/C18H26N2O2/c19-16-5-3-15(4-6-16)18(22)20-10-9-14(12-20)11-13-1-7-17(21)8-2-13/h1-2,7-8,14-16,21H,3-6,9-12,19H2. The fourth-order valence-corrected chi connectivity index (χ4v) is 3.79. The Bertz CT molecular complexity index is 506. The Morgan fingerprint density at radius 3 is 2.50 bits per heavy atom. The van der Waals surface area contributed by atoms with Gasteiger partial charge in [0.25, 0.3) is 0 Å². The first-order valence-corrected chi connectivity index (χ1v) is 8.44. The summed E-state index contributed by atoms with van der Waals surface area (Å²) in [5.41, 5.74) is 7.16. The Balaban J connectivity index is 1.51. The number of nitrogens with zero attached hydrogens (tertiary/aromatic N) is 1. The van der Waals surface area contributed by atoms with Gasteiger partial charge in [0.1, 0.15) is 5.75 Å². The van der Waals surface area contributed by atoms with Crippen molar-refractivity contribution in [3.63, 3.8) is 0 Å². The molecule has 3 rings (SSSR count). The third-order valence-corrected chi connectivity index (χ3v) is 5.18. The van der Waals surface area contributed by atoms with Crippen LogP contribution in [0.25, 0.3) is 0 Å². The number of benzene rings is 1. The van der Waals surface area contributed by atoms with Crippen LogP contribution in [0.5, 0.6) is 5.75 Å². The van der Waals surface area contributed by atoms with Crippen LogP contribution in [0.1, 0.15) is 37.7 Å². The van der Waals surface area contributed by atoms with Crippen molar-refractivity contribution in [3.05, 3.63) is 29.8 Å². The number of hydrogen-bond donors (Lipinski definition) is 2. The van der Waals surface area contributed by atoms with Gasteiger partial charge in [0, 0.05) is 25.0 Å². The maximum atomic E-state index is 12.6. The van der Waals surface area contributed by atoms with Crippen LogP contribution in [0.15, 0.2) is 24.3 Å². The fourth-order valence-electron chi connectivity index (χ4n) is 3.79. The van der Waals surface area contributed by atoms with Gasteiger partial charge in [0.15, 0.2) is 0 Å². The van der Waals surface area contributed by atoms with Gasteiger partial charge in [-0.15, -0.1) is 0 Å². The average molecular weight is 302 g/mol. The second-order valence-corrected chi connectivity index (χ2v) is 6.92. The molecule has 1 atom stereocenters. The van der Waals surface area contributed by atoms with Crippen molar-refractivity contribution < 1.29 is 9.90 Å².